The van der Waals surface area contributed by atoms with Crippen molar-refractivity contribution in [3.63, 3.8) is 0 Å². The molecule has 0 saturated heterocycles. The van der Waals surface area contributed by atoms with Crippen LogP contribution >= 0.6 is 0 Å². The summed E-state index contributed by atoms with van der Waals surface area (Å²) in [5, 5.41) is 2.84. The van der Waals surface area contributed by atoms with Gasteiger partial charge in [-0.25, -0.2) is 4.39 Å². The molecule has 1 aliphatic rings. The second kappa shape index (κ2) is 4.85. The molecule has 1 amide bonds. The van der Waals surface area contributed by atoms with Gasteiger partial charge in [0.05, 0.1) is 5.41 Å². The Morgan fingerprint density at radius 2 is 1.95 bits per heavy atom. The molecule has 106 valence electrons. The van der Waals surface area contributed by atoms with Crippen LogP contribution in [-0.2, 0) is 16.6 Å². The lowest BCUT2D eigenvalue weighted by molar-refractivity contribution is -0.120. The van der Waals surface area contributed by atoms with Crippen molar-refractivity contribution in [2.24, 2.45) is 0 Å². The van der Waals surface area contributed by atoms with E-state index in [0.717, 1.165) is 16.7 Å². The van der Waals surface area contributed by atoms with Gasteiger partial charge in [0.15, 0.2) is 0 Å². The summed E-state index contributed by atoms with van der Waals surface area (Å²) < 4.78 is 13.5. The summed E-state index contributed by atoms with van der Waals surface area (Å²) in [5.74, 6) is -0.408. The Morgan fingerprint density at radius 1 is 1.24 bits per heavy atom. The van der Waals surface area contributed by atoms with Gasteiger partial charge in [-0.05, 0) is 48.2 Å². The van der Waals surface area contributed by atoms with Crippen molar-refractivity contribution < 1.29 is 9.18 Å². The normalized spacial score (nSPS) is 20.0. The Kier molecular flexibility index (Phi) is 3.13. The molecule has 2 aromatic carbocycles. The maximum Gasteiger partial charge on any atom is 0.235 e. The van der Waals surface area contributed by atoms with Crippen molar-refractivity contribution in [3.8, 4) is 0 Å². The summed E-state index contributed by atoms with van der Waals surface area (Å²) in [6, 6.07) is 12.3. The fourth-order valence-corrected chi connectivity index (χ4v) is 2.82. The van der Waals surface area contributed by atoms with Crippen LogP contribution in [0.25, 0.3) is 6.08 Å². The number of carbonyl (C=O) groups excluding carboxylic acids is 1. The second-order valence-electron chi connectivity index (χ2n) is 5.60. The molecule has 1 atom stereocenters. The van der Waals surface area contributed by atoms with Gasteiger partial charge < -0.3 is 5.32 Å². The molecule has 1 N–H and O–H groups in total. The predicted molar refractivity (Wildman–Crippen MR) is 82.6 cm³/mol. The van der Waals surface area contributed by atoms with Gasteiger partial charge >= 0.3 is 0 Å². The summed E-state index contributed by atoms with van der Waals surface area (Å²) in [4.78, 5) is 12.3. The first kappa shape index (κ1) is 13.6. The minimum atomic E-state index is -0.743. The minimum absolute atomic E-state index is 0.0871. The topological polar surface area (TPSA) is 29.1 Å². The minimum Gasteiger partial charge on any atom is -0.325 e. The molecule has 1 aliphatic heterocycles. The van der Waals surface area contributed by atoms with Gasteiger partial charge in [0.1, 0.15) is 5.82 Å². The Morgan fingerprint density at radius 3 is 2.62 bits per heavy atom. The van der Waals surface area contributed by atoms with Crippen molar-refractivity contribution in [3.05, 3.63) is 71.6 Å². The fraction of sp³-hybridized carbons (Fsp3) is 0.167. The van der Waals surface area contributed by atoms with E-state index in [-0.39, 0.29) is 11.7 Å². The molecule has 1 heterocycles. The van der Waals surface area contributed by atoms with E-state index < -0.39 is 5.41 Å². The van der Waals surface area contributed by atoms with Gasteiger partial charge in [0.25, 0.3) is 0 Å². The highest BCUT2D eigenvalue weighted by atomic mass is 19.1. The van der Waals surface area contributed by atoms with E-state index >= 15 is 0 Å². The molecule has 0 bridgehead atoms. The predicted octanol–water partition coefficient (Wildman–Crippen LogP) is 3.92. The lowest BCUT2D eigenvalue weighted by atomic mass is 9.78. The Hall–Kier alpha value is -2.42. The molecular formula is C18H16FNO. The van der Waals surface area contributed by atoms with E-state index in [1.807, 2.05) is 31.2 Å². The monoisotopic (exact) mass is 281 g/mol. The van der Waals surface area contributed by atoms with Crippen molar-refractivity contribution in [2.45, 2.75) is 18.8 Å². The third kappa shape index (κ3) is 2.25. The molecule has 0 spiro atoms. The number of anilines is 1. The molecule has 21 heavy (non-hydrogen) atoms. The maximum absolute atomic E-state index is 13.5. The molecule has 2 aromatic rings. The van der Waals surface area contributed by atoms with E-state index in [9.17, 15) is 9.18 Å². The van der Waals surface area contributed by atoms with Gasteiger partial charge in [-0.3, -0.25) is 4.79 Å². The van der Waals surface area contributed by atoms with Crippen LogP contribution in [0, 0.1) is 5.82 Å². The summed E-state index contributed by atoms with van der Waals surface area (Å²) in [7, 11) is 0. The lowest BCUT2D eigenvalue weighted by Gasteiger charge is -2.22. The number of carbonyl (C=O) groups is 1. The highest BCUT2D eigenvalue weighted by Gasteiger charge is 2.42. The standard InChI is InChI=1S/C18H16FNO/c1-3-12-4-6-13(7-5-12)11-18(2)15-10-14(19)8-9-16(15)20-17(18)21/h3-10H,1,11H2,2H3,(H,20,21). The molecule has 0 aromatic heterocycles. The number of hydrogen-bond acceptors (Lipinski definition) is 1. The van der Waals surface area contributed by atoms with Crippen molar-refractivity contribution >= 4 is 17.7 Å². The first-order valence-corrected chi connectivity index (χ1v) is 6.86. The van der Waals surface area contributed by atoms with Gasteiger partial charge in [-0.1, -0.05) is 36.9 Å². The van der Waals surface area contributed by atoms with Crippen LogP contribution in [0.2, 0.25) is 0 Å². The molecular weight excluding hydrogens is 265 g/mol. The van der Waals surface area contributed by atoms with Gasteiger partial charge in [0, 0.05) is 5.69 Å². The molecule has 2 nitrogen and oxygen atoms in total. The van der Waals surface area contributed by atoms with Gasteiger partial charge in [-0.15, -0.1) is 0 Å². The number of hydrogen-bond donors (Lipinski definition) is 1. The van der Waals surface area contributed by atoms with Crippen LogP contribution in [0.1, 0.15) is 23.6 Å². The fourth-order valence-electron chi connectivity index (χ4n) is 2.82. The number of benzene rings is 2. The zero-order chi connectivity index (χ0) is 15.0. The van der Waals surface area contributed by atoms with E-state index in [4.69, 9.17) is 0 Å². The van der Waals surface area contributed by atoms with Crippen LogP contribution in [-0.4, -0.2) is 5.91 Å². The first-order valence-electron chi connectivity index (χ1n) is 6.86. The maximum atomic E-state index is 13.5. The third-order valence-electron chi connectivity index (χ3n) is 4.10. The number of rotatable bonds is 3. The van der Waals surface area contributed by atoms with E-state index in [1.54, 1.807) is 12.1 Å². The quantitative estimate of drug-likeness (QED) is 0.907. The van der Waals surface area contributed by atoms with Crippen LogP contribution in [0.4, 0.5) is 10.1 Å². The average Bonchev–Trinajstić information content (AvgIpc) is 2.72. The van der Waals surface area contributed by atoms with Crippen molar-refractivity contribution in [1.82, 2.24) is 0 Å². The molecule has 0 fully saturated rings. The smallest absolute Gasteiger partial charge is 0.235 e. The molecule has 3 rings (SSSR count). The SMILES string of the molecule is C=Cc1ccc(CC2(C)C(=O)Nc3ccc(F)cc32)cc1. The second-order valence-corrected chi connectivity index (χ2v) is 5.60. The molecule has 0 radical (unpaired) electrons. The van der Waals surface area contributed by atoms with Crippen LogP contribution in [0.3, 0.4) is 0 Å². The highest BCUT2D eigenvalue weighted by molar-refractivity contribution is 6.06. The zero-order valence-electron chi connectivity index (χ0n) is 11.8. The molecule has 0 aliphatic carbocycles. The van der Waals surface area contributed by atoms with Crippen LogP contribution in [0.5, 0.6) is 0 Å². The van der Waals surface area contributed by atoms with E-state index in [0.29, 0.717) is 12.1 Å². The summed E-state index contributed by atoms with van der Waals surface area (Å²) >= 11 is 0. The van der Waals surface area contributed by atoms with Crippen molar-refractivity contribution in [2.75, 3.05) is 5.32 Å². The summed E-state index contributed by atoms with van der Waals surface area (Å²) in [5.41, 5.74) is 2.75. The third-order valence-corrected chi connectivity index (χ3v) is 4.10. The Labute approximate surface area is 123 Å². The number of amides is 1. The van der Waals surface area contributed by atoms with Crippen LogP contribution in [0.15, 0.2) is 49.0 Å². The Bertz CT molecular complexity index is 720. The van der Waals surface area contributed by atoms with E-state index in [2.05, 4.69) is 11.9 Å². The molecule has 1 unspecified atom stereocenters. The first-order chi connectivity index (χ1) is 10.0. The van der Waals surface area contributed by atoms with Gasteiger partial charge in [-0.2, -0.15) is 0 Å². The largest absolute Gasteiger partial charge is 0.325 e. The summed E-state index contributed by atoms with van der Waals surface area (Å²) in [6.45, 7) is 5.58. The van der Waals surface area contributed by atoms with Gasteiger partial charge in [0.2, 0.25) is 5.91 Å². The summed E-state index contributed by atoms with van der Waals surface area (Å²) in [6.07, 6.45) is 2.31. The van der Waals surface area contributed by atoms with Crippen molar-refractivity contribution in [1.29, 1.82) is 0 Å². The highest BCUT2D eigenvalue weighted by Crippen LogP contribution is 2.40. The Balaban J connectivity index is 1.98. The average molecular weight is 281 g/mol. The zero-order valence-corrected chi connectivity index (χ0v) is 11.8. The number of nitrogens with one attached hydrogen (secondary N) is 1. The molecule has 0 saturated carbocycles. The number of halogens is 1. The van der Waals surface area contributed by atoms with E-state index in [1.165, 1.54) is 12.1 Å². The van der Waals surface area contributed by atoms with Crippen LogP contribution < -0.4 is 5.32 Å². The molecule has 3 heteroatoms. The lowest BCUT2D eigenvalue weighted by Crippen LogP contribution is -2.33. The number of fused-ring (bicyclic) bond motifs is 1.